The number of benzene rings is 1. The summed E-state index contributed by atoms with van der Waals surface area (Å²) in [6.45, 7) is 3.14. The van der Waals surface area contributed by atoms with Crippen LogP contribution in [0.3, 0.4) is 0 Å². The van der Waals surface area contributed by atoms with Gasteiger partial charge >= 0.3 is 5.97 Å². The second-order valence-corrected chi connectivity index (χ2v) is 9.65. The molecule has 0 unspecified atom stereocenters. The van der Waals surface area contributed by atoms with E-state index in [1.165, 1.54) is 44.9 Å². The number of anilines is 1. The van der Waals surface area contributed by atoms with Crippen LogP contribution < -0.4 is 5.32 Å². The Balaban J connectivity index is 1.38. The first-order valence-corrected chi connectivity index (χ1v) is 11.5. The smallest absolute Gasteiger partial charge is 0.338 e. The number of carbonyl (C=O) groups excluding carboxylic acids is 1. The Hall–Kier alpha value is -2.76. The van der Waals surface area contributed by atoms with Gasteiger partial charge < -0.3 is 10.1 Å². The highest BCUT2D eigenvalue weighted by atomic mass is 16.5. The molecule has 162 valence electrons. The first kappa shape index (κ1) is 20.2. The third-order valence-electron chi connectivity index (χ3n) is 7.26. The van der Waals surface area contributed by atoms with Crippen LogP contribution >= 0.6 is 0 Å². The molecule has 0 spiro atoms. The average Bonchev–Trinajstić information content (AvgIpc) is 2.76. The van der Waals surface area contributed by atoms with Gasteiger partial charge in [0.05, 0.1) is 23.5 Å². The van der Waals surface area contributed by atoms with Crippen molar-refractivity contribution in [1.82, 2.24) is 9.97 Å². The maximum Gasteiger partial charge on any atom is 0.338 e. The number of rotatable bonds is 7. The highest BCUT2D eigenvalue weighted by Crippen LogP contribution is 2.60. The van der Waals surface area contributed by atoms with Gasteiger partial charge in [0.15, 0.2) is 0 Å². The molecule has 1 aromatic heterocycles. The zero-order chi connectivity index (χ0) is 21.3. The van der Waals surface area contributed by atoms with Gasteiger partial charge in [0.2, 0.25) is 0 Å². The Bertz CT molecular complexity index is 937. The van der Waals surface area contributed by atoms with Gasteiger partial charge in [0.1, 0.15) is 6.33 Å². The molecule has 4 fully saturated rings. The standard InChI is InChI=1S/C25H30N4O2/c1-2-31-24(30)21-3-4-22(23(8-21)28-14-20-12-26-16-27-13-20)29-15-25-9-17-5-18(10-25)7-19(6-17)11-25/h3-4,8,12-14,16-19,29H,2,5-7,9-11,15H2,1H3/b28-14-. The minimum absolute atomic E-state index is 0.324. The summed E-state index contributed by atoms with van der Waals surface area (Å²) in [6, 6.07) is 5.59. The average molecular weight is 419 g/mol. The molecule has 0 aliphatic heterocycles. The lowest BCUT2D eigenvalue weighted by atomic mass is 9.49. The number of aromatic nitrogens is 2. The van der Waals surface area contributed by atoms with Crippen molar-refractivity contribution in [2.24, 2.45) is 28.2 Å². The zero-order valence-electron chi connectivity index (χ0n) is 18.1. The normalized spacial score (nSPS) is 28.7. The van der Waals surface area contributed by atoms with E-state index in [1.54, 1.807) is 24.7 Å². The van der Waals surface area contributed by atoms with Crippen molar-refractivity contribution >= 4 is 23.6 Å². The minimum Gasteiger partial charge on any atom is -0.462 e. The van der Waals surface area contributed by atoms with Crippen molar-refractivity contribution in [2.45, 2.75) is 45.4 Å². The Morgan fingerprint density at radius 2 is 1.84 bits per heavy atom. The lowest BCUT2D eigenvalue weighted by Gasteiger charge is -2.57. The molecule has 4 aliphatic rings. The molecule has 4 saturated carbocycles. The van der Waals surface area contributed by atoms with Crippen LogP contribution in [-0.2, 0) is 4.74 Å². The topological polar surface area (TPSA) is 76.5 Å². The molecule has 4 bridgehead atoms. The highest BCUT2D eigenvalue weighted by molar-refractivity contribution is 5.93. The van der Waals surface area contributed by atoms with Crippen LogP contribution in [0.5, 0.6) is 0 Å². The van der Waals surface area contributed by atoms with Gasteiger partial charge in [-0.15, -0.1) is 0 Å². The minimum atomic E-state index is -0.324. The van der Waals surface area contributed by atoms with Crippen molar-refractivity contribution in [3.8, 4) is 0 Å². The molecule has 0 radical (unpaired) electrons. The molecule has 6 heteroatoms. The van der Waals surface area contributed by atoms with Crippen LogP contribution in [0.1, 0.15) is 61.4 Å². The number of carbonyl (C=O) groups is 1. The Morgan fingerprint density at radius 1 is 1.16 bits per heavy atom. The van der Waals surface area contributed by atoms with Gasteiger partial charge in [-0.25, -0.2) is 14.8 Å². The van der Waals surface area contributed by atoms with E-state index in [0.29, 0.717) is 17.6 Å². The van der Waals surface area contributed by atoms with E-state index in [4.69, 9.17) is 4.74 Å². The number of ether oxygens (including phenoxy) is 1. The Labute approximate surface area is 183 Å². The molecule has 4 aliphatic carbocycles. The number of aliphatic imine (C=N–C) groups is 1. The molecular weight excluding hydrogens is 388 g/mol. The van der Waals surface area contributed by atoms with Gasteiger partial charge in [-0.3, -0.25) is 4.99 Å². The molecule has 6 rings (SSSR count). The third kappa shape index (κ3) is 4.34. The van der Waals surface area contributed by atoms with E-state index < -0.39 is 0 Å². The largest absolute Gasteiger partial charge is 0.462 e. The van der Waals surface area contributed by atoms with Crippen LogP contribution in [0, 0.1) is 23.2 Å². The number of esters is 1. The molecule has 1 aromatic carbocycles. The fourth-order valence-corrected chi connectivity index (χ4v) is 6.44. The summed E-state index contributed by atoms with van der Waals surface area (Å²) in [5.74, 6) is 2.45. The Kier molecular flexibility index (Phi) is 5.47. The summed E-state index contributed by atoms with van der Waals surface area (Å²) in [4.78, 5) is 25.0. The number of nitrogens with zero attached hydrogens (tertiary/aromatic N) is 3. The van der Waals surface area contributed by atoms with Gasteiger partial charge in [-0.2, -0.15) is 0 Å². The maximum absolute atomic E-state index is 12.3. The van der Waals surface area contributed by atoms with E-state index in [2.05, 4.69) is 20.3 Å². The van der Waals surface area contributed by atoms with Crippen LogP contribution in [0.25, 0.3) is 0 Å². The zero-order valence-corrected chi connectivity index (χ0v) is 18.1. The summed E-state index contributed by atoms with van der Waals surface area (Å²) >= 11 is 0. The van der Waals surface area contributed by atoms with Crippen molar-refractivity contribution < 1.29 is 9.53 Å². The van der Waals surface area contributed by atoms with Crippen molar-refractivity contribution in [3.05, 3.63) is 48.0 Å². The van der Waals surface area contributed by atoms with Crippen molar-refractivity contribution in [3.63, 3.8) is 0 Å². The van der Waals surface area contributed by atoms with E-state index in [9.17, 15) is 4.79 Å². The number of nitrogens with one attached hydrogen (secondary N) is 1. The van der Waals surface area contributed by atoms with Crippen LogP contribution in [0.15, 0.2) is 41.9 Å². The summed E-state index contributed by atoms with van der Waals surface area (Å²) in [5.41, 5.74) is 3.44. The molecule has 6 nitrogen and oxygen atoms in total. The number of hydrogen-bond donors (Lipinski definition) is 1. The SMILES string of the molecule is CCOC(=O)c1ccc(NCC23CC4CC(CC(C4)C2)C3)c(/N=C\c2cncnc2)c1. The lowest BCUT2D eigenvalue weighted by Crippen LogP contribution is -2.49. The molecule has 31 heavy (non-hydrogen) atoms. The molecule has 1 heterocycles. The number of hydrogen-bond acceptors (Lipinski definition) is 6. The van der Waals surface area contributed by atoms with Crippen LogP contribution in [-0.4, -0.2) is 35.3 Å². The second kappa shape index (κ2) is 8.40. The quantitative estimate of drug-likeness (QED) is 0.504. The monoisotopic (exact) mass is 418 g/mol. The predicted octanol–water partition coefficient (Wildman–Crippen LogP) is 5.03. The van der Waals surface area contributed by atoms with Gasteiger partial charge in [0, 0.05) is 30.7 Å². The molecular formula is C25H30N4O2. The molecule has 1 N–H and O–H groups in total. The fraction of sp³-hybridized carbons (Fsp3) is 0.520. The molecule has 0 atom stereocenters. The summed E-state index contributed by atoms with van der Waals surface area (Å²) in [5, 5.41) is 3.71. The molecule has 2 aromatic rings. The Morgan fingerprint density at radius 3 is 2.48 bits per heavy atom. The van der Waals surface area contributed by atoms with Crippen molar-refractivity contribution in [1.29, 1.82) is 0 Å². The second-order valence-electron chi connectivity index (χ2n) is 9.65. The van der Waals surface area contributed by atoms with Gasteiger partial charge in [-0.1, -0.05) is 0 Å². The van der Waals surface area contributed by atoms with E-state index >= 15 is 0 Å². The highest BCUT2D eigenvalue weighted by Gasteiger charge is 2.50. The van der Waals surface area contributed by atoms with E-state index in [0.717, 1.165) is 41.2 Å². The first-order valence-electron chi connectivity index (χ1n) is 11.5. The van der Waals surface area contributed by atoms with E-state index in [1.807, 2.05) is 19.1 Å². The predicted molar refractivity (Wildman–Crippen MR) is 121 cm³/mol. The maximum atomic E-state index is 12.3. The van der Waals surface area contributed by atoms with Crippen LogP contribution in [0.4, 0.5) is 11.4 Å². The van der Waals surface area contributed by atoms with E-state index in [-0.39, 0.29) is 5.97 Å². The lowest BCUT2D eigenvalue weighted by molar-refractivity contribution is -0.0444. The summed E-state index contributed by atoms with van der Waals surface area (Å²) in [6.07, 6.45) is 15.1. The van der Waals surface area contributed by atoms with Crippen LogP contribution in [0.2, 0.25) is 0 Å². The fourth-order valence-electron chi connectivity index (χ4n) is 6.44. The summed E-state index contributed by atoms with van der Waals surface area (Å²) < 4.78 is 5.18. The van der Waals surface area contributed by atoms with Gasteiger partial charge in [0.25, 0.3) is 0 Å². The summed E-state index contributed by atoms with van der Waals surface area (Å²) in [7, 11) is 0. The molecule has 0 saturated heterocycles. The van der Waals surface area contributed by atoms with Gasteiger partial charge in [-0.05, 0) is 86.8 Å². The first-order chi connectivity index (χ1) is 15.1. The van der Waals surface area contributed by atoms with Crippen molar-refractivity contribution in [2.75, 3.05) is 18.5 Å². The third-order valence-corrected chi connectivity index (χ3v) is 7.26. The molecule has 0 amide bonds.